The Hall–Kier alpha value is -1.07. The Morgan fingerprint density at radius 2 is 1.83 bits per heavy atom. The number of thioether (sulfide) groups is 1. The van der Waals surface area contributed by atoms with Crippen molar-refractivity contribution in [2.75, 3.05) is 5.73 Å². The van der Waals surface area contributed by atoms with Gasteiger partial charge in [-0.1, -0.05) is 15.9 Å². The molecule has 0 aliphatic rings. The fourth-order valence-electron chi connectivity index (χ4n) is 1.41. The standard InChI is InChI=1S/C13H10BrF2NS/c14-9-1-3-11(15)8(5-9)7-18-10-2-4-13(17)12(16)6-10/h1-6H,7,17H2. The van der Waals surface area contributed by atoms with Crippen molar-refractivity contribution in [3.63, 3.8) is 0 Å². The van der Waals surface area contributed by atoms with Gasteiger partial charge in [-0.05, 0) is 42.0 Å². The third kappa shape index (κ3) is 3.23. The molecule has 0 aliphatic heterocycles. The van der Waals surface area contributed by atoms with Crippen LogP contribution in [0.2, 0.25) is 0 Å². The zero-order valence-corrected chi connectivity index (χ0v) is 11.7. The number of nitrogens with two attached hydrogens (primary N) is 1. The lowest BCUT2D eigenvalue weighted by Crippen LogP contribution is -1.91. The van der Waals surface area contributed by atoms with Gasteiger partial charge in [0, 0.05) is 15.1 Å². The van der Waals surface area contributed by atoms with Crippen LogP contribution in [0.4, 0.5) is 14.5 Å². The van der Waals surface area contributed by atoms with E-state index in [0.29, 0.717) is 11.3 Å². The summed E-state index contributed by atoms with van der Waals surface area (Å²) >= 11 is 4.65. The Labute approximate surface area is 117 Å². The van der Waals surface area contributed by atoms with Gasteiger partial charge in [-0.2, -0.15) is 0 Å². The molecule has 2 aromatic carbocycles. The van der Waals surface area contributed by atoms with E-state index in [1.54, 1.807) is 18.2 Å². The van der Waals surface area contributed by atoms with Crippen LogP contribution in [0.25, 0.3) is 0 Å². The predicted octanol–water partition coefficient (Wildman–Crippen LogP) is 4.60. The van der Waals surface area contributed by atoms with Gasteiger partial charge in [0.05, 0.1) is 5.69 Å². The van der Waals surface area contributed by atoms with Gasteiger partial charge in [0.1, 0.15) is 11.6 Å². The number of hydrogen-bond donors (Lipinski definition) is 1. The van der Waals surface area contributed by atoms with Gasteiger partial charge in [-0.25, -0.2) is 8.78 Å². The van der Waals surface area contributed by atoms with Crippen molar-refractivity contribution in [2.24, 2.45) is 0 Å². The minimum absolute atomic E-state index is 0.119. The van der Waals surface area contributed by atoms with Crippen LogP contribution >= 0.6 is 27.7 Å². The van der Waals surface area contributed by atoms with Crippen LogP contribution in [0.3, 0.4) is 0 Å². The lowest BCUT2D eigenvalue weighted by molar-refractivity contribution is 0.617. The van der Waals surface area contributed by atoms with Crippen molar-refractivity contribution >= 4 is 33.4 Å². The van der Waals surface area contributed by atoms with Crippen molar-refractivity contribution < 1.29 is 8.78 Å². The molecular weight excluding hydrogens is 320 g/mol. The molecule has 2 N–H and O–H groups in total. The molecule has 0 fully saturated rings. The van der Waals surface area contributed by atoms with Gasteiger partial charge < -0.3 is 5.73 Å². The summed E-state index contributed by atoms with van der Waals surface area (Å²) in [6, 6.07) is 9.36. The SMILES string of the molecule is Nc1ccc(SCc2cc(Br)ccc2F)cc1F. The van der Waals surface area contributed by atoms with E-state index < -0.39 is 5.82 Å². The smallest absolute Gasteiger partial charge is 0.147 e. The highest BCUT2D eigenvalue weighted by atomic mass is 79.9. The molecule has 0 saturated carbocycles. The van der Waals surface area contributed by atoms with E-state index >= 15 is 0 Å². The zero-order valence-electron chi connectivity index (χ0n) is 9.29. The maximum absolute atomic E-state index is 13.5. The average molecular weight is 330 g/mol. The van der Waals surface area contributed by atoms with E-state index in [1.165, 1.54) is 30.0 Å². The first-order valence-corrected chi connectivity index (χ1v) is 6.96. The fraction of sp³-hybridized carbons (Fsp3) is 0.0769. The van der Waals surface area contributed by atoms with Crippen LogP contribution in [0, 0.1) is 11.6 Å². The second-order valence-electron chi connectivity index (χ2n) is 3.71. The summed E-state index contributed by atoms with van der Waals surface area (Å²) in [5.74, 6) is -0.273. The Morgan fingerprint density at radius 3 is 2.56 bits per heavy atom. The number of hydrogen-bond acceptors (Lipinski definition) is 2. The number of anilines is 1. The minimum Gasteiger partial charge on any atom is -0.396 e. The van der Waals surface area contributed by atoms with Crippen LogP contribution in [0.1, 0.15) is 5.56 Å². The first-order valence-electron chi connectivity index (χ1n) is 5.18. The highest BCUT2D eigenvalue weighted by molar-refractivity contribution is 9.10. The molecule has 94 valence electrons. The summed E-state index contributed by atoms with van der Waals surface area (Å²) in [5, 5.41) is 0. The van der Waals surface area contributed by atoms with Crippen molar-refractivity contribution in [2.45, 2.75) is 10.6 Å². The summed E-state index contributed by atoms with van der Waals surface area (Å²) < 4.78 is 27.5. The third-order valence-electron chi connectivity index (χ3n) is 2.37. The van der Waals surface area contributed by atoms with Crippen LogP contribution in [-0.2, 0) is 5.75 Å². The fourth-order valence-corrected chi connectivity index (χ4v) is 2.72. The van der Waals surface area contributed by atoms with Crippen LogP contribution in [0.15, 0.2) is 45.8 Å². The van der Waals surface area contributed by atoms with Crippen LogP contribution in [0.5, 0.6) is 0 Å². The van der Waals surface area contributed by atoms with Crippen LogP contribution < -0.4 is 5.73 Å². The Bertz CT molecular complexity index is 575. The molecule has 5 heteroatoms. The van der Waals surface area contributed by atoms with E-state index in [0.717, 1.165) is 9.37 Å². The van der Waals surface area contributed by atoms with Crippen molar-refractivity contribution in [3.05, 3.63) is 58.1 Å². The molecule has 0 heterocycles. The monoisotopic (exact) mass is 329 g/mol. The highest BCUT2D eigenvalue weighted by Gasteiger charge is 2.05. The normalized spacial score (nSPS) is 10.6. The molecule has 0 atom stereocenters. The van der Waals surface area contributed by atoms with Crippen molar-refractivity contribution in [1.29, 1.82) is 0 Å². The highest BCUT2D eigenvalue weighted by Crippen LogP contribution is 2.27. The maximum Gasteiger partial charge on any atom is 0.147 e. The molecule has 0 amide bonds. The number of halogens is 3. The quantitative estimate of drug-likeness (QED) is 0.657. The summed E-state index contributed by atoms with van der Waals surface area (Å²) in [4.78, 5) is 0.723. The maximum atomic E-state index is 13.5. The second kappa shape index (κ2) is 5.71. The molecule has 0 bridgehead atoms. The molecule has 0 aliphatic carbocycles. The van der Waals surface area contributed by atoms with E-state index in [9.17, 15) is 8.78 Å². The Kier molecular flexibility index (Phi) is 4.24. The average Bonchev–Trinajstić information content (AvgIpc) is 2.34. The molecule has 18 heavy (non-hydrogen) atoms. The molecule has 2 rings (SSSR count). The Morgan fingerprint density at radius 1 is 1.06 bits per heavy atom. The molecular formula is C13H10BrF2NS. The van der Waals surface area contributed by atoms with Gasteiger partial charge in [-0.3, -0.25) is 0 Å². The van der Waals surface area contributed by atoms with Gasteiger partial charge in [0.25, 0.3) is 0 Å². The first-order chi connectivity index (χ1) is 8.56. The Balaban J connectivity index is 2.11. The topological polar surface area (TPSA) is 26.0 Å². The van der Waals surface area contributed by atoms with Gasteiger partial charge in [0.15, 0.2) is 0 Å². The van der Waals surface area contributed by atoms with Gasteiger partial charge in [0.2, 0.25) is 0 Å². The van der Waals surface area contributed by atoms with E-state index in [-0.39, 0.29) is 11.5 Å². The van der Waals surface area contributed by atoms with E-state index in [1.807, 2.05) is 0 Å². The summed E-state index contributed by atoms with van der Waals surface area (Å²) in [6.45, 7) is 0. The van der Waals surface area contributed by atoms with E-state index in [4.69, 9.17) is 5.73 Å². The van der Waals surface area contributed by atoms with Crippen molar-refractivity contribution in [3.8, 4) is 0 Å². The van der Waals surface area contributed by atoms with Gasteiger partial charge in [-0.15, -0.1) is 11.8 Å². The number of nitrogen functional groups attached to an aromatic ring is 1. The largest absolute Gasteiger partial charge is 0.396 e. The molecule has 0 unspecified atom stereocenters. The zero-order chi connectivity index (χ0) is 13.1. The van der Waals surface area contributed by atoms with Gasteiger partial charge >= 0.3 is 0 Å². The molecule has 0 aromatic heterocycles. The molecule has 2 aromatic rings. The summed E-state index contributed by atoms with van der Waals surface area (Å²) in [7, 11) is 0. The predicted molar refractivity (Wildman–Crippen MR) is 74.5 cm³/mol. The third-order valence-corrected chi connectivity index (χ3v) is 3.91. The molecule has 1 nitrogen and oxygen atoms in total. The lowest BCUT2D eigenvalue weighted by atomic mass is 10.2. The minimum atomic E-state index is -0.449. The lowest BCUT2D eigenvalue weighted by Gasteiger charge is -2.05. The second-order valence-corrected chi connectivity index (χ2v) is 5.67. The molecule has 0 radical (unpaired) electrons. The van der Waals surface area contributed by atoms with Crippen molar-refractivity contribution in [1.82, 2.24) is 0 Å². The summed E-state index contributed by atoms with van der Waals surface area (Å²) in [5.41, 5.74) is 6.08. The first kappa shape index (κ1) is 13.4. The molecule has 0 spiro atoms. The number of rotatable bonds is 3. The van der Waals surface area contributed by atoms with Crippen LogP contribution in [-0.4, -0.2) is 0 Å². The number of benzene rings is 2. The summed E-state index contributed by atoms with van der Waals surface area (Å²) in [6.07, 6.45) is 0. The van der Waals surface area contributed by atoms with E-state index in [2.05, 4.69) is 15.9 Å². The molecule has 0 saturated heterocycles.